The summed E-state index contributed by atoms with van der Waals surface area (Å²) in [4.78, 5) is 32.1. The monoisotopic (exact) mass is 366 g/mol. The molecule has 10 heteroatoms. The van der Waals surface area contributed by atoms with Gasteiger partial charge < -0.3 is 24.3 Å². The lowest BCUT2D eigenvalue weighted by molar-refractivity contribution is -0.383. The van der Waals surface area contributed by atoms with Crippen LogP contribution in [0.2, 0.25) is 0 Å². The molecule has 0 spiro atoms. The highest BCUT2D eigenvalue weighted by Crippen LogP contribution is 2.31. The number of aliphatic carboxylic acids is 2. The summed E-state index contributed by atoms with van der Waals surface area (Å²) in [6.07, 6.45) is 1.06. The number of nitrogens with zero attached hydrogens (tertiary/aromatic N) is 2. The first kappa shape index (κ1) is 19.3. The van der Waals surface area contributed by atoms with Gasteiger partial charge in [0, 0.05) is 6.54 Å². The van der Waals surface area contributed by atoms with Gasteiger partial charge in [-0.15, -0.1) is 0 Å². The number of aromatic nitrogens is 1. The molecule has 0 radical (unpaired) electrons. The van der Waals surface area contributed by atoms with Gasteiger partial charge in [0.1, 0.15) is 6.61 Å². The van der Waals surface area contributed by atoms with Gasteiger partial charge in [-0.1, -0.05) is 12.1 Å². The molecule has 0 aliphatic rings. The van der Waals surface area contributed by atoms with Gasteiger partial charge in [-0.3, -0.25) is 14.9 Å². The maximum atomic E-state index is 11.3. The lowest BCUT2D eigenvalue weighted by atomic mass is 10.1. The van der Waals surface area contributed by atoms with Crippen LogP contribution in [0.25, 0.3) is 10.9 Å². The highest BCUT2D eigenvalue weighted by Gasteiger charge is 2.21. The molecule has 1 aromatic heterocycles. The molecule has 0 aliphatic carbocycles. The van der Waals surface area contributed by atoms with E-state index >= 15 is 0 Å². The predicted octanol–water partition coefficient (Wildman–Crippen LogP) is 1.29. The summed E-state index contributed by atoms with van der Waals surface area (Å²) in [5.41, 5.74) is 0.784. The number of carbonyl (C=O) groups is 2. The average molecular weight is 366 g/mol. The second-order valence-corrected chi connectivity index (χ2v) is 5.41. The number of ether oxygens (including phenoxy) is 2. The van der Waals surface area contributed by atoms with E-state index in [0.717, 1.165) is 0 Å². The van der Waals surface area contributed by atoms with E-state index in [1.54, 1.807) is 22.8 Å². The molecular weight excluding hydrogens is 348 g/mol. The van der Waals surface area contributed by atoms with Crippen molar-refractivity contribution in [1.82, 2.24) is 4.57 Å². The second kappa shape index (κ2) is 8.92. The summed E-state index contributed by atoms with van der Waals surface area (Å²) in [6, 6.07) is 4.90. The summed E-state index contributed by atoms with van der Waals surface area (Å²) >= 11 is 0. The third-order valence-electron chi connectivity index (χ3n) is 3.58. The van der Waals surface area contributed by atoms with Gasteiger partial charge in [-0.25, -0.2) is 4.79 Å². The number of carboxylic acids is 2. The summed E-state index contributed by atoms with van der Waals surface area (Å²) in [5.74, 6) is -2.13. The molecule has 26 heavy (non-hydrogen) atoms. The third-order valence-corrected chi connectivity index (χ3v) is 3.58. The van der Waals surface area contributed by atoms with Crippen LogP contribution in [-0.2, 0) is 32.0 Å². The van der Waals surface area contributed by atoms with Crippen molar-refractivity contribution in [2.75, 3.05) is 26.4 Å². The zero-order valence-electron chi connectivity index (χ0n) is 13.8. The number of rotatable bonds is 11. The van der Waals surface area contributed by atoms with Gasteiger partial charge >= 0.3 is 11.9 Å². The van der Waals surface area contributed by atoms with Gasteiger partial charge in [0.05, 0.1) is 48.3 Å². The predicted molar refractivity (Wildman–Crippen MR) is 89.2 cm³/mol. The van der Waals surface area contributed by atoms with Crippen LogP contribution in [-0.4, -0.2) is 58.1 Å². The minimum atomic E-state index is -1.07. The fourth-order valence-electron chi connectivity index (χ4n) is 2.58. The van der Waals surface area contributed by atoms with Gasteiger partial charge in [0.2, 0.25) is 0 Å². The van der Waals surface area contributed by atoms with Crippen LogP contribution < -0.4 is 0 Å². The standard InChI is InChI=1S/C16H18N2O8/c19-14(20)8-11-2-1-3-12-16(11)13(18(23)24)9-17(12)4-5-25-6-7-26-10-15(21)22/h1-3,9H,4-8,10H2,(H,19,20)(H,21,22). The normalized spacial score (nSPS) is 10.9. The van der Waals surface area contributed by atoms with Crippen LogP contribution >= 0.6 is 0 Å². The topological polar surface area (TPSA) is 141 Å². The van der Waals surface area contributed by atoms with Crippen LogP contribution in [0.4, 0.5) is 5.69 Å². The summed E-state index contributed by atoms with van der Waals surface area (Å²) in [5, 5.41) is 29.1. The quantitative estimate of drug-likeness (QED) is 0.344. The Hall–Kier alpha value is -2.98. The van der Waals surface area contributed by atoms with Gasteiger partial charge in [-0.2, -0.15) is 0 Å². The van der Waals surface area contributed by atoms with Gasteiger partial charge in [-0.05, 0) is 11.6 Å². The van der Waals surface area contributed by atoms with E-state index in [4.69, 9.17) is 19.7 Å². The van der Waals surface area contributed by atoms with E-state index in [2.05, 4.69) is 0 Å². The maximum absolute atomic E-state index is 11.3. The smallest absolute Gasteiger partial charge is 0.329 e. The largest absolute Gasteiger partial charge is 0.481 e. The van der Waals surface area contributed by atoms with Crippen molar-refractivity contribution >= 4 is 28.5 Å². The molecule has 0 saturated carbocycles. The molecule has 2 N–H and O–H groups in total. The van der Waals surface area contributed by atoms with Crippen molar-refractivity contribution in [3.63, 3.8) is 0 Å². The Kier molecular flexibility index (Phi) is 6.64. The van der Waals surface area contributed by atoms with Crippen molar-refractivity contribution in [3.8, 4) is 0 Å². The second-order valence-electron chi connectivity index (χ2n) is 5.41. The molecule has 2 aromatic rings. The number of hydrogen-bond donors (Lipinski definition) is 2. The zero-order chi connectivity index (χ0) is 19.1. The van der Waals surface area contributed by atoms with Gasteiger partial charge in [0.15, 0.2) is 0 Å². The number of benzene rings is 1. The molecule has 0 bridgehead atoms. The average Bonchev–Trinajstić information content (AvgIpc) is 2.93. The minimum Gasteiger partial charge on any atom is -0.481 e. The van der Waals surface area contributed by atoms with Crippen molar-refractivity contribution in [2.45, 2.75) is 13.0 Å². The molecule has 0 amide bonds. The summed E-state index contributed by atoms with van der Waals surface area (Å²) in [7, 11) is 0. The summed E-state index contributed by atoms with van der Waals surface area (Å²) in [6.45, 7) is 0.477. The number of nitro groups is 1. The van der Waals surface area contributed by atoms with E-state index in [9.17, 15) is 19.7 Å². The first-order chi connectivity index (χ1) is 12.4. The van der Waals surface area contributed by atoms with Gasteiger partial charge in [0.25, 0.3) is 5.69 Å². The lowest BCUT2D eigenvalue weighted by Gasteiger charge is -2.07. The molecular formula is C16H18N2O8. The molecule has 0 aliphatic heterocycles. The lowest BCUT2D eigenvalue weighted by Crippen LogP contribution is -2.13. The van der Waals surface area contributed by atoms with E-state index < -0.39 is 23.5 Å². The molecule has 0 fully saturated rings. The van der Waals surface area contributed by atoms with Crippen molar-refractivity contribution in [2.24, 2.45) is 0 Å². The van der Waals surface area contributed by atoms with Crippen LogP contribution in [0.1, 0.15) is 5.56 Å². The van der Waals surface area contributed by atoms with E-state index in [-0.39, 0.29) is 31.9 Å². The Morgan fingerprint density at radius 1 is 1.12 bits per heavy atom. The Balaban J connectivity index is 2.07. The molecule has 0 saturated heterocycles. The Bertz CT molecular complexity index is 814. The van der Waals surface area contributed by atoms with Crippen LogP contribution in [0, 0.1) is 10.1 Å². The van der Waals surface area contributed by atoms with Crippen molar-refractivity contribution < 1.29 is 34.2 Å². The van der Waals surface area contributed by atoms with E-state index in [0.29, 0.717) is 23.0 Å². The maximum Gasteiger partial charge on any atom is 0.329 e. The SMILES string of the molecule is O=C(O)COCCOCCn1cc([N+](=O)[O-])c2c(CC(=O)O)cccc21. The molecule has 1 aromatic carbocycles. The molecule has 10 nitrogen and oxygen atoms in total. The number of hydrogen-bond acceptors (Lipinski definition) is 6. The summed E-state index contributed by atoms with van der Waals surface area (Å²) < 4.78 is 11.8. The number of fused-ring (bicyclic) bond motifs is 1. The van der Waals surface area contributed by atoms with Crippen molar-refractivity contribution in [1.29, 1.82) is 0 Å². The molecule has 2 rings (SSSR count). The first-order valence-electron chi connectivity index (χ1n) is 7.74. The molecule has 1 heterocycles. The Morgan fingerprint density at radius 3 is 2.50 bits per heavy atom. The molecule has 0 unspecified atom stereocenters. The highest BCUT2D eigenvalue weighted by atomic mass is 16.6. The fourth-order valence-corrected chi connectivity index (χ4v) is 2.58. The fraction of sp³-hybridized carbons (Fsp3) is 0.375. The van der Waals surface area contributed by atoms with Crippen LogP contribution in [0.3, 0.4) is 0 Å². The molecule has 140 valence electrons. The van der Waals surface area contributed by atoms with E-state index in [1.807, 2.05) is 0 Å². The Morgan fingerprint density at radius 2 is 1.85 bits per heavy atom. The Labute approximate surface area is 147 Å². The number of carboxylic acid groups (broad SMARTS) is 2. The zero-order valence-corrected chi connectivity index (χ0v) is 13.8. The third kappa shape index (κ3) is 5.01. The highest BCUT2D eigenvalue weighted by molar-refractivity contribution is 5.94. The molecule has 0 atom stereocenters. The van der Waals surface area contributed by atoms with Crippen LogP contribution in [0.15, 0.2) is 24.4 Å². The van der Waals surface area contributed by atoms with E-state index in [1.165, 1.54) is 6.20 Å². The minimum absolute atomic E-state index is 0.127. The first-order valence-corrected chi connectivity index (χ1v) is 7.74. The van der Waals surface area contributed by atoms with Crippen molar-refractivity contribution in [3.05, 3.63) is 40.1 Å². The van der Waals surface area contributed by atoms with Crippen LogP contribution in [0.5, 0.6) is 0 Å².